The normalized spacial score (nSPS) is 35.7. The largest absolute Gasteiger partial charge is 0.390 e. The third-order valence-corrected chi connectivity index (χ3v) is 4.70. The minimum Gasteiger partial charge on any atom is -0.390 e. The Balaban J connectivity index is 2.93. The highest BCUT2D eigenvalue weighted by atomic mass is 16.3. The minimum atomic E-state index is -0.799. The van der Waals surface area contributed by atoms with Gasteiger partial charge in [-0.1, -0.05) is 35.5 Å². The maximum absolute atomic E-state index is 10.5. The molecule has 2 atom stereocenters. The van der Waals surface area contributed by atoms with Crippen molar-refractivity contribution in [1.29, 1.82) is 0 Å². The molecule has 0 saturated carbocycles. The van der Waals surface area contributed by atoms with E-state index in [-0.39, 0.29) is 5.92 Å². The summed E-state index contributed by atoms with van der Waals surface area (Å²) in [6, 6.07) is 0. The van der Waals surface area contributed by atoms with Crippen molar-refractivity contribution in [1.82, 2.24) is 0 Å². The fourth-order valence-corrected chi connectivity index (χ4v) is 2.88. The predicted molar refractivity (Wildman–Crippen MR) is 94.8 cm³/mol. The van der Waals surface area contributed by atoms with E-state index in [0.717, 1.165) is 32.1 Å². The molecule has 1 aliphatic rings. The third kappa shape index (κ3) is 7.42. The maximum Gasteiger partial charge on any atom is 0.0799 e. The fraction of sp³-hybridized carbons (Fsp3) is 0.700. The van der Waals surface area contributed by atoms with Gasteiger partial charge in [-0.05, 0) is 79.1 Å². The zero-order valence-corrected chi connectivity index (χ0v) is 15.0. The van der Waals surface area contributed by atoms with E-state index in [0.29, 0.717) is 6.42 Å². The molecule has 126 valence electrons. The molecular formula is C20H34O2. The van der Waals surface area contributed by atoms with Gasteiger partial charge < -0.3 is 10.2 Å². The van der Waals surface area contributed by atoms with Gasteiger partial charge in [0.2, 0.25) is 0 Å². The van der Waals surface area contributed by atoms with Crippen LogP contribution in [0.25, 0.3) is 0 Å². The second kappa shape index (κ2) is 8.12. The molecule has 2 N–H and O–H groups in total. The number of aliphatic hydroxyl groups is 2. The minimum absolute atomic E-state index is 0.169. The molecule has 0 spiro atoms. The summed E-state index contributed by atoms with van der Waals surface area (Å²) < 4.78 is 0. The van der Waals surface area contributed by atoms with Crippen LogP contribution in [0.2, 0.25) is 0 Å². The summed E-state index contributed by atoms with van der Waals surface area (Å²) in [6.45, 7) is 9.93. The van der Waals surface area contributed by atoms with Crippen molar-refractivity contribution in [2.75, 3.05) is 0 Å². The molecule has 0 aromatic heterocycles. The first-order valence-corrected chi connectivity index (χ1v) is 8.54. The number of allylic oxidation sites excluding steroid dienone is 5. The summed E-state index contributed by atoms with van der Waals surface area (Å²) >= 11 is 0. The molecule has 0 radical (unpaired) electrons. The van der Waals surface area contributed by atoms with Gasteiger partial charge in [0, 0.05) is 0 Å². The van der Waals surface area contributed by atoms with Gasteiger partial charge in [-0.25, -0.2) is 0 Å². The third-order valence-electron chi connectivity index (χ3n) is 4.70. The average molecular weight is 306 g/mol. The Morgan fingerprint density at radius 1 is 1.18 bits per heavy atom. The second-order valence-corrected chi connectivity index (χ2v) is 7.73. The van der Waals surface area contributed by atoms with Gasteiger partial charge in [0.25, 0.3) is 0 Å². The van der Waals surface area contributed by atoms with E-state index in [1.807, 2.05) is 26.8 Å². The van der Waals surface area contributed by atoms with Crippen LogP contribution in [-0.4, -0.2) is 21.4 Å². The lowest BCUT2D eigenvalue weighted by molar-refractivity contribution is 0.00233. The van der Waals surface area contributed by atoms with E-state index in [2.05, 4.69) is 32.1 Å². The number of hydrogen-bond donors (Lipinski definition) is 2. The highest BCUT2D eigenvalue weighted by Crippen LogP contribution is 2.30. The zero-order valence-electron chi connectivity index (χ0n) is 15.0. The average Bonchev–Trinajstić information content (AvgIpc) is 2.35. The first kappa shape index (κ1) is 19.2. The Bertz CT molecular complexity index is 433. The van der Waals surface area contributed by atoms with Gasteiger partial charge >= 0.3 is 0 Å². The van der Waals surface area contributed by atoms with Gasteiger partial charge in [-0.3, -0.25) is 0 Å². The van der Waals surface area contributed by atoms with Crippen LogP contribution in [0.3, 0.4) is 0 Å². The summed E-state index contributed by atoms with van der Waals surface area (Å²) in [7, 11) is 0. The first-order chi connectivity index (χ1) is 10.1. The van der Waals surface area contributed by atoms with Crippen LogP contribution in [0.15, 0.2) is 35.5 Å². The Hall–Kier alpha value is -0.860. The summed E-state index contributed by atoms with van der Waals surface area (Å²) in [5, 5.41) is 20.9. The maximum atomic E-state index is 10.5. The Labute approximate surface area is 136 Å². The summed E-state index contributed by atoms with van der Waals surface area (Å²) in [4.78, 5) is 0. The number of hydrogen-bond acceptors (Lipinski definition) is 2. The quantitative estimate of drug-likeness (QED) is 0.674. The molecule has 0 amide bonds. The molecule has 1 aliphatic carbocycles. The Kier molecular flexibility index (Phi) is 7.08. The van der Waals surface area contributed by atoms with Crippen molar-refractivity contribution in [3.63, 3.8) is 0 Å². The van der Waals surface area contributed by atoms with Crippen LogP contribution in [0.1, 0.15) is 73.1 Å². The summed E-state index contributed by atoms with van der Waals surface area (Å²) in [5.74, 6) is 0.169. The van der Waals surface area contributed by atoms with Crippen molar-refractivity contribution in [2.24, 2.45) is 5.92 Å². The highest BCUT2D eigenvalue weighted by molar-refractivity contribution is 5.10. The molecule has 0 saturated heterocycles. The van der Waals surface area contributed by atoms with E-state index in [9.17, 15) is 10.2 Å². The van der Waals surface area contributed by atoms with Crippen molar-refractivity contribution < 1.29 is 10.2 Å². The van der Waals surface area contributed by atoms with Crippen LogP contribution < -0.4 is 0 Å². The van der Waals surface area contributed by atoms with Gasteiger partial charge in [0.15, 0.2) is 0 Å². The van der Waals surface area contributed by atoms with E-state index in [4.69, 9.17) is 0 Å². The van der Waals surface area contributed by atoms with Crippen LogP contribution in [0.4, 0.5) is 0 Å². The predicted octanol–water partition coefficient (Wildman–Crippen LogP) is 4.93. The molecule has 0 aliphatic heterocycles. The molecule has 2 heteroatoms. The van der Waals surface area contributed by atoms with Crippen molar-refractivity contribution in [3.8, 4) is 0 Å². The molecule has 0 fully saturated rings. The molecule has 0 aromatic carbocycles. The second-order valence-electron chi connectivity index (χ2n) is 7.73. The molecule has 0 aromatic rings. The molecule has 1 rings (SSSR count). The zero-order chi connectivity index (χ0) is 16.8. The molecule has 22 heavy (non-hydrogen) atoms. The fourth-order valence-electron chi connectivity index (χ4n) is 2.88. The molecule has 2 nitrogen and oxygen atoms in total. The lowest BCUT2D eigenvalue weighted by Crippen LogP contribution is -2.33. The van der Waals surface area contributed by atoms with Crippen LogP contribution in [0.5, 0.6) is 0 Å². The van der Waals surface area contributed by atoms with Gasteiger partial charge in [0.05, 0.1) is 11.2 Å². The van der Waals surface area contributed by atoms with E-state index < -0.39 is 11.2 Å². The first-order valence-electron chi connectivity index (χ1n) is 8.54. The molecule has 0 bridgehead atoms. The van der Waals surface area contributed by atoms with Gasteiger partial charge in [-0.2, -0.15) is 0 Å². The van der Waals surface area contributed by atoms with Crippen LogP contribution >= 0.6 is 0 Å². The summed E-state index contributed by atoms with van der Waals surface area (Å²) in [6.07, 6.45) is 13.9. The lowest BCUT2D eigenvalue weighted by Gasteiger charge is -2.31. The number of rotatable bonds is 1. The Morgan fingerprint density at radius 2 is 1.86 bits per heavy atom. The van der Waals surface area contributed by atoms with E-state index >= 15 is 0 Å². The molecule has 0 heterocycles. The lowest BCUT2D eigenvalue weighted by atomic mass is 9.81. The monoisotopic (exact) mass is 306 g/mol. The van der Waals surface area contributed by atoms with Crippen LogP contribution in [-0.2, 0) is 0 Å². The topological polar surface area (TPSA) is 40.5 Å². The van der Waals surface area contributed by atoms with Gasteiger partial charge in [-0.15, -0.1) is 0 Å². The van der Waals surface area contributed by atoms with Gasteiger partial charge in [0.1, 0.15) is 0 Å². The van der Waals surface area contributed by atoms with E-state index in [1.54, 1.807) is 0 Å². The summed E-state index contributed by atoms with van der Waals surface area (Å²) in [5.41, 5.74) is 1.22. The molecular weight excluding hydrogens is 272 g/mol. The highest BCUT2D eigenvalue weighted by Gasteiger charge is 2.28. The van der Waals surface area contributed by atoms with Crippen molar-refractivity contribution >= 4 is 0 Å². The Morgan fingerprint density at radius 3 is 2.50 bits per heavy atom. The van der Waals surface area contributed by atoms with E-state index in [1.165, 1.54) is 11.1 Å². The SMILES string of the molecule is C/C1=C\CC/C(C)=C/CC(C(C)(C)O)CCC(C)(O)/C=C/C1. The van der Waals surface area contributed by atoms with Crippen molar-refractivity contribution in [3.05, 3.63) is 35.5 Å². The van der Waals surface area contributed by atoms with Crippen molar-refractivity contribution in [2.45, 2.75) is 84.3 Å². The smallest absolute Gasteiger partial charge is 0.0799 e. The van der Waals surface area contributed by atoms with Crippen LogP contribution in [0, 0.1) is 5.92 Å². The molecule has 2 unspecified atom stereocenters. The standard InChI is InChI=1S/C20H34O2/c1-16-8-6-9-17(2)11-12-18(19(3,4)21)13-15-20(5,22)14-7-10-16/h7-8,11,14,18,21-22H,6,9-10,12-13,15H2,1-5H3/b14-7+,16-8+,17-11+.